The second kappa shape index (κ2) is 6.51. The Morgan fingerprint density at radius 3 is 2.48 bits per heavy atom. The summed E-state index contributed by atoms with van der Waals surface area (Å²) in [5, 5.41) is 9.72. The summed E-state index contributed by atoms with van der Waals surface area (Å²) in [5.41, 5.74) is 0.305. The Hall–Kier alpha value is -0.840. The molecule has 2 rings (SSSR count). The van der Waals surface area contributed by atoms with Crippen LogP contribution in [-0.4, -0.2) is 34.6 Å². The number of nitrogens with zero attached hydrogens (tertiary/aromatic N) is 1. The van der Waals surface area contributed by atoms with Gasteiger partial charge in [-0.1, -0.05) is 17.7 Å². The van der Waals surface area contributed by atoms with Gasteiger partial charge in [0.2, 0.25) is 0 Å². The van der Waals surface area contributed by atoms with Crippen molar-refractivity contribution in [2.75, 3.05) is 13.1 Å². The number of carbonyl (C=O) groups is 1. The summed E-state index contributed by atoms with van der Waals surface area (Å²) in [5.74, 6) is -2.24. The number of likely N-dealkylation sites (tertiary alicyclic amines) is 1. The minimum absolute atomic E-state index is 0. The second-order valence-corrected chi connectivity index (χ2v) is 6.73. The number of rotatable bonds is 2. The maximum Gasteiger partial charge on any atom is 0.308 e. The molecule has 0 bridgehead atoms. The Bertz CT molecular complexity index is 531. The quantitative estimate of drug-likeness (QED) is 0.893. The van der Waals surface area contributed by atoms with Crippen LogP contribution in [0.15, 0.2) is 18.2 Å². The Balaban J connectivity index is 0.00000220. The lowest BCUT2D eigenvalue weighted by molar-refractivity contribution is -0.141. The Labute approximate surface area is 135 Å². The summed E-state index contributed by atoms with van der Waals surface area (Å²) in [4.78, 5) is 13.5. The first kappa shape index (κ1) is 18.2. The maximum absolute atomic E-state index is 14.1. The molecule has 1 N–H and O–H groups in total. The summed E-state index contributed by atoms with van der Waals surface area (Å²) in [6.45, 7) is 7.08. The summed E-state index contributed by atoms with van der Waals surface area (Å²) in [6.07, 6.45) is 0. The number of hydrogen-bond donors (Lipinski definition) is 1. The van der Waals surface area contributed by atoms with E-state index in [-0.39, 0.29) is 23.9 Å². The van der Waals surface area contributed by atoms with Gasteiger partial charge in [0.05, 0.1) is 5.92 Å². The third kappa shape index (κ3) is 3.87. The van der Waals surface area contributed by atoms with Crippen molar-refractivity contribution in [2.45, 2.75) is 32.2 Å². The molecule has 0 radical (unpaired) electrons. The number of benzene rings is 1. The Morgan fingerprint density at radius 2 is 2.00 bits per heavy atom. The SMILES string of the molecule is CC(C)(C)N1C[C@H](C(=O)O)[C@@H](c2ccc(Cl)cc2F)C1.Cl. The first-order chi connectivity index (χ1) is 9.20. The largest absolute Gasteiger partial charge is 0.481 e. The molecule has 1 fully saturated rings. The molecular formula is C15H20Cl2FNO2. The lowest BCUT2D eigenvalue weighted by atomic mass is 9.89. The summed E-state index contributed by atoms with van der Waals surface area (Å²) in [6, 6.07) is 4.46. The van der Waals surface area contributed by atoms with Crippen LogP contribution in [-0.2, 0) is 4.79 Å². The van der Waals surface area contributed by atoms with Crippen molar-refractivity contribution < 1.29 is 14.3 Å². The van der Waals surface area contributed by atoms with E-state index >= 15 is 0 Å². The highest BCUT2D eigenvalue weighted by Crippen LogP contribution is 2.37. The molecule has 3 nitrogen and oxygen atoms in total. The smallest absolute Gasteiger partial charge is 0.308 e. The van der Waals surface area contributed by atoms with Crippen LogP contribution in [0.1, 0.15) is 32.3 Å². The monoisotopic (exact) mass is 335 g/mol. The predicted octanol–water partition coefficient (Wildman–Crippen LogP) is 3.80. The van der Waals surface area contributed by atoms with E-state index < -0.39 is 17.7 Å². The van der Waals surface area contributed by atoms with Gasteiger partial charge in [-0.25, -0.2) is 4.39 Å². The highest BCUT2D eigenvalue weighted by atomic mass is 35.5. The van der Waals surface area contributed by atoms with E-state index in [1.807, 2.05) is 20.8 Å². The van der Waals surface area contributed by atoms with E-state index in [9.17, 15) is 14.3 Å². The lowest BCUT2D eigenvalue weighted by Gasteiger charge is -2.31. The molecule has 0 unspecified atom stereocenters. The molecule has 0 aromatic heterocycles. The van der Waals surface area contributed by atoms with Crippen LogP contribution in [0.3, 0.4) is 0 Å². The number of hydrogen-bond acceptors (Lipinski definition) is 2. The third-order valence-electron chi connectivity index (χ3n) is 3.95. The lowest BCUT2D eigenvalue weighted by Crippen LogP contribution is -2.40. The van der Waals surface area contributed by atoms with Gasteiger partial charge in [-0.05, 0) is 38.5 Å². The zero-order chi connectivity index (χ0) is 15.1. The van der Waals surface area contributed by atoms with Crippen molar-refractivity contribution in [2.24, 2.45) is 5.92 Å². The number of carboxylic acids is 1. The fraction of sp³-hybridized carbons (Fsp3) is 0.533. The van der Waals surface area contributed by atoms with E-state index in [0.717, 1.165) is 0 Å². The average Bonchev–Trinajstić information content (AvgIpc) is 2.73. The van der Waals surface area contributed by atoms with Gasteiger partial charge in [-0.15, -0.1) is 12.4 Å². The average molecular weight is 336 g/mol. The molecule has 1 aromatic rings. The van der Waals surface area contributed by atoms with Crippen LogP contribution < -0.4 is 0 Å². The predicted molar refractivity (Wildman–Crippen MR) is 83.9 cm³/mol. The van der Waals surface area contributed by atoms with Crippen LogP contribution in [0, 0.1) is 11.7 Å². The van der Waals surface area contributed by atoms with Crippen molar-refractivity contribution in [3.63, 3.8) is 0 Å². The van der Waals surface area contributed by atoms with Crippen molar-refractivity contribution in [1.82, 2.24) is 4.90 Å². The van der Waals surface area contributed by atoms with Gasteiger partial charge < -0.3 is 5.11 Å². The van der Waals surface area contributed by atoms with Crippen LogP contribution in [0.25, 0.3) is 0 Å². The van der Waals surface area contributed by atoms with Gasteiger partial charge in [0.1, 0.15) is 5.82 Å². The molecule has 0 saturated carbocycles. The molecular weight excluding hydrogens is 316 g/mol. The molecule has 2 atom stereocenters. The van der Waals surface area contributed by atoms with Crippen LogP contribution in [0.2, 0.25) is 5.02 Å². The highest BCUT2D eigenvalue weighted by Gasteiger charge is 2.42. The Kier molecular flexibility index (Phi) is 5.64. The molecule has 6 heteroatoms. The third-order valence-corrected chi connectivity index (χ3v) is 4.18. The van der Waals surface area contributed by atoms with Gasteiger partial charge in [0, 0.05) is 29.6 Å². The maximum atomic E-state index is 14.1. The highest BCUT2D eigenvalue weighted by molar-refractivity contribution is 6.30. The second-order valence-electron chi connectivity index (χ2n) is 6.29. The molecule has 0 spiro atoms. The minimum atomic E-state index is -0.879. The first-order valence-electron chi connectivity index (χ1n) is 6.63. The molecule has 0 aliphatic carbocycles. The summed E-state index contributed by atoms with van der Waals surface area (Å²) >= 11 is 5.76. The van der Waals surface area contributed by atoms with Gasteiger partial charge in [-0.2, -0.15) is 0 Å². The number of halogens is 3. The topological polar surface area (TPSA) is 40.5 Å². The fourth-order valence-corrected chi connectivity index (χ4v) is 2.88. The van der Waals surface area contributed by atoms with E-state index in [0.29, 0.717) is 23.7 Å². The number of aliphatic carboxylic acids is 1. The first-order valence-corrected chi connectivity index (χ1v) is 7.00. The van der Waals surface area contributed by atoms with E-state index in [1.54, 1.807) is 12.1 Å². The van der Waals surface area contributed by atoms with E-state index in [4.69, 9.17) is 11.6 Å². The van der Waals surface area contributed by atoms with Crippen LogP contribution in [0.5, 0.6) is 0 Å². The van der Waals surface area contributed by atoms with Crippen molar-refractivity contribution >= 4 is 30.0 Å². The zero-order valence-electron chi connectivity index (χ0n) is 12.3. The molecule has 1 saturated heterocycles. The molecule has 1 aliphatic rings. The number of carboxylic acid groups (broad SMARTS) is 1. The molecule has 0 amide bonds. The summed E-state index contributed by atoms with van der Waals surface area (Å²) < 4.78 is 14.1. The molecule has 1 heterocycles. The van der Waals surface area contributed by atoms with Crippen molar-refractivity contribution in [3.05, 3.63) is 34.6 Å². The van der Waals surface area contributed by atoms with Crippen LogP contribution >= 0.6 is 24.0 Å². The van der Waals surface area contributed by atoms with Gasteiger partial charge in [-0.3, -0.25) is 9.69 Å². The van der Waals surface area contributed by atoms with Gasteiger partial charge in [0.25, 0.3) is 0 Å². The Morgan fingerprint density at radius 1 is 1.38 bits per heavy atom. The standard InChI is InChI=1S/C15H19ClFNO2.ClH/c1-15(2,3)18-7-11(12(8-18)14(19)20)10-5-4-9(16)6-13(10)17;/h4-6,11-12H,7-8H2,1-3H3,(H,19,20);1H/t11-,12+;/m1./s1. The molecule has 21 heavy (non-hydrogen) atoms. The fourth-order valence-electron chi connectivity index (χ4n) is 2.72. The van der Waals surface area contributed by atoms with Crippen LogP contribution in [0.4, 0.5) is 4.39 Å². The molecule has 1 aromatic carbocycles. The zero-order valence-corrected chi connectivity index (χ0v) is 13.8. The molecule has 1 aliphatic heterocycles. The van der Waals surface area contributed by atoms with Gasteiger partial charge in [0.15, 0.2) is 0 Å². The summed E-state index contributed by atoms with van der Waals surface area (Å²) in [7, 11) is 0. The van der Waals surface area contributed by atoms with Gasteiger partial charge >= 0.3 is 5.97 Å². The normalized spacial score (nSPS) is 22.9. The minimum Gasteiger partial charge on any atom is -0.481 e. The van der Waals surface area contributed by atoms with Crippen molar-refractivity contribution in [1.29, 1.82) is 0 Å². The van der Waals surface area contributed by atoms with E-state index in [1.165, 1.54) is 6.07 Å². The molecule has 118 valence electrons. The van der Waals surface area contributed by atoms with E-state index in [2.05, 4.69) is 4.90 Å². The van der Waals surface area contributed by atoms with Crippen molar-refractivity contribution in [3.8, 4) is 0 Å².